The van der Waals surface area contributed by atoms with Crippen LogP contribution in [0.25, 0.3) is 0 Å². The van der Waals surface area contributed by atoms with Gasteiger partial charge in [-0.15, -0.1) is 0 Å². The molecule has 0 aromatic rings. The molecule has 18 heavy (non-hydrogen) atoms. The van der Waals surface area contributed by atoms with E-state index in [0.29, 0.717) is 0 Å². The number of rotatable bonds is 13. The van der Waals surface area contributed by atoms with Crippen LogP contribution in [-0.2, 0) is 0 Å². The van der Waals surface area contributed by atoms with Crippen LogP contribution in [-0.4, -0.2) is 0 Å². The predicted octanol–water partition coefficient (Wildman–Crippen LogP) is 6.79. The van der Waals surface area contributed by atoms with Gasteiger partial charge in [0.25, 0.3) is 0 Å². The molecule has 109 valence electrons. The van der Waals surface area contributed by atoms with Gasteiger partial charge in [0.15, 0.2) is 0 Å². The maximum absolute atomic E-state index is 2.65. The molecular formula is C18H37. The Balaban J connectivity index is 3.55. The molecule has 0 heteroatoms. The second-order valence-electron chi connectivity index (χ2n) is 6.04. The van der Waals surface area contributed by atoms with E-state index in [1.807, 2.05) is 0 Å². The summed E-state index contributed by atoms with van der Waals surface area (Å²) in [6.45, 7) is 9.35. The quantitative estimate of drug-likeness (QED) is 0.317. The molecule has 0 aliphatic heterocycles. The van der Waals surface area contributed by atoms with Gasteiger partial charge in [-0.1, -0.05) is 98.3 Å². The summed E-state index contributed by atoms with van der Waals surface area (Å²) in [5.74, 6) is 1.71. The van der Waals surface area contributed by atoms with Gasteiger partial charge in [-0.2, -0.15) is 0 Å². The van der Waals surface area contributed by atoms with Crippen molar-refractivity contribution in [3.63, 3.8) is 0 Å². The second kappa shape index (κ2) is 13.4. The van der Waals surface area contributed by atoms with E-state index in [4.69, 9.17) is 0 Å². The Morgan fingerprint density at radius 3 is 1.89 bits per heavy atom. The van der Waals surface area contributed by atoms with Crippen LogP contribution in [0, 0.1) is 18.3 Å². The second-order valence-corrected chi connectivity index (χ2v) is 6.04. The fourth-order valence-corrected chi connectivity index (χ4v) is 2.72. The van der Waals surface area contributed by atoms with Gasteiger partial charge < -0.3 is 0 Å². The Morgan fingerprint density at radius 2 is 1.28 bits per heavy atom. The lowest BCUT2D eigenvalue weighted by Gasteiger charge is -2.19. The third-order valence-corrected chi connectivity index (χ3v) is 4.07. The van der Waals surface area contributed by atoms with E-state index in [1.165, 1.54) is 70.6 Å². The number of hydrogen-bond donors (Lipinski definition) is 0. The van der Waals surface area contributed by atoms with Crippen molar-refractivity contribution in [2.45, 2.75) is 98.3 Å². The molecule has 0 N–H and O–H groups in total. The van der Waals surface area contributed by atoms with Crippen molar-refractivity contribution in [2.75, 3.05) is 0 Å². The van der Waals surface area contributed by atoms with Crippen LogP contribution in [0.4, 0.5) is 0 Å². The summed E-state index contributed by atoms with van der Waals surface area (Å²) >= 11 is 0. The van der Waals surface area contributed by atoms with Gasteiger partial charge in [-0.3, -0.25) is 0 Å². The van der Waals surface area contributed by atoms with Gasteiger partial charge in [0.05, 0.1) is 0 Å². The molecule has 0 aromatic heterocycles. The molecule has 0 fully saturated rings. The van der Waals surface area contributed by atoms with Gasteiger partial charge >= 0.3 is 0 Å². The first kappa shape index (κ1) is 18.0. The van der Waals surface area contributed by atoms with E-state index in [1.54, 1.807) is 0 Å². The topological polar surface area (TPSA) is 0 Å². The fraction of sp³-hybridized carbons (Fsp3) is 0.944. The van der Waals surface area contributed by atoms with E-state index in [0.717, 1.165) is 11.8 Å². The Hall–Kier alpha value is 0. The van der Waals surface area contributed by atoms with Crippen molar-refractivity contribution in [1.82, 2.24) is 0 Å². The van der Waals surface area contributed by atoms with Crippen LogP contribution in [0.15, 0.2) is 0 Å². The van der Waals surface area contributed by atoms with Crippen molar-refractivity contribution >= 4 is 0 Å². The summed E-state index contributed by atoms with van der Waals surface area (Å²) in [6.07, 6.45) is 18.1. The molecular weight excluding hydrogens is 216 g/mol. The van der Waals surface area contributed by atoms with E-state index < -0.39 is 0 Å². The molecule has 0 saturated carbocycles. The minimum Gasteiger partial charge on any atom is -0.0654 e. The highest BCUT2D eigenvalue weighted by molar-refractivity contribution is 4.80. The Labute approximate surface area is 117 Å². The zero-order chi connectivity index (χ0) is 13.6. The van der Waals surface area contributed by atoms with Crippen LogP contribution < -0.4 is 0 Å². The first-order valence-electron chi connectivity index (χ1n) is 8.59. The van der Waals surface area contributed by atoms with E-state index in [-0.39, 0.29) is 0 Å². The molecule has 0 aromatic carbocycles. The molecule has 0 nitrogen and oxygen atoms in total. The zero-order valence-corrected chi connectivity index (χ0v) is 13.5. The van der Waals surface area contributed by atoms with Crippen LogP contribution in [0.3, 0.4) is 0 Å². The van der Waals surface area contributed by atoms with Crippen molar-refractivity contribution in [3.05, 3.63) is 6.42 Å². The Morgan fingerprint density at radius 1 is 0.722 bits per heavy atom. The third-order valence-electron chi connectivity index (χ3n) is 4.07. The van der Waals surface area contributed by atoms with Crippen molar-refractivity contribution in [3.8, 4) is 0 Å². The maximum Gasteiger partial charge on any atom is -0.0327 e. The number of unbranched alkanes of at least 4 members (excludes halogenated alkanes) is 6. The highest BCUT2D eigenvalue weighted by atomic mass is 14.2. The largest absolute Gasteiger partial charge is 0.0654 e. The average molecular weight is 253 g/mol. The molecule has 0 aliphatic carbocycles. The molecule has 0 aliphatic rings. The molecule has 1 radical (unpaired) electrons. The van der Waals surface area contributed by atoms with Crippen LogP contribution in [0.5, 0.6) is 0 Å². The van der Waals surface area contributed by atoms with Gasteiger partial charge in [0, 0.05) is 0 Å². The van der Waals surface area contributed by atoms with Crippen LogP contribution in [0.1, 0.15) is 98.3 Å². The predicted molar refractivity (Wildman–Crippen MR) is 84.8 cm³/mol. The molecule has 0 spiro atoms. The molecule has 0 rings (SSSR count). The van der Waals surface area contributed by atoms with E-state index >= 15 is 0 Å². The minimum atomic E-state index is 0.831. The summed E-state index contributed by atoms with van der Waals surface area (Å²) in [6, 6.07) is 0. The normalized spacial score (nSPS) is 14.7. The molecule has 0 bridgehead atoms. The molecule has 0 heterocycles. The lowest BCUT2D eigenvalue weighted by atomic mass is 9.87. The minimum absolute atomic E-state index is 0.831. The summed E-state index contributed by atoms with van der Waals surface area (Å²) in [4.78, 5) is 0. The van der Waals surface area contributed by atoms with Crippen molar-refractivity contribution in [2.24, 2.45) is 11.8 Å². The van der Waals surface area contributed by atoms with E-state index in [2.05, 4.69) is 34.1 Å². The molecule has 2 atom stereocenters. The standard InChI is InChI=1S/C18H37/c1-5-8-10-11-13-15-18(7-3)16-17(4)14-12-9-6-2/h16-18H,5-15H2,1-4H3. The highest BCUT2D eigenvalue weighted by Gasteiger charge is 2.11. The summed E-state index contributed by atoms with van der Waals surface area (Å²) in [5.41, 5.74) is 0. The molecule has 2 unspecified atom stereocenters. The maximum atomic E-state index is 2.65. The first-order chi connectivity index (χ1) is 8.74. The van der Waals surface area contributed by atoms with Crippen molar-refractivity contribution in [1.29, 1.82) is 0 Å². The fourth-order valence-electron chi connectivity index (χ4n) is 2.72. The Kier molecular flexibility index (Phi) is 13.4. The van der Waals surface area contributed by atoms with E-state index in [9.17, 15) is 0 Å². The smallest absolute Gasteiger partial charge is 0.0327 e. The lowest BCUT2D eigenvalue weighted by Crippen LogP contribution is -2.07. The first-order valence-corrected chi connectivity index (χ1v) is 8.59. The Bertz CT molecular complexity index is 150. The zero-order valence-electron chi connectivity index (χ0n) is 13.5. The lowest BCUT2D eigenvalue weighted by molar-refractivity contribution is 0.423. The summed E-state index contributed by atoms with van der Waals surface area (Å²) < 4.78 is 0. The van der Waals surface area contributed by atoms with Crippen LogP contribution in [0.2, 0.25) is 0 Å². The van der Waals surface area contributed by atoms with Crippen LogP contribution >= 0.6 is 0 Å². The van der Waals surface area contributed by atoms with Gasteiger partial charge in [0.1, 0.15) is 0 Å². The highest BCUT2D eigenvalue weighted by Crippen LogP contribution is 2.24. The average Bonchev–Trinajstić information content (AvgIpc) is 2.37. The van der Waals surface area contributed by atoms with Gasteiger partial charge in [0.2, 0.25) is 0 Å². The molecule has 0 amide bonds. The van der Waals surface area contributed by atoms with Crippen molar-refractivity contribution < 1.29 is 0 Å². The third kappa shape index (κ3) is 11.1. The number of hydrogen-bond acceptors (Lipinski definition) is 0. The summed E-state index contributed by atoms with van der Waals surface area (Å²) in [7, 11) is 0. The van der Waals surface area contributed by atoms with Gasteiger partial charge in [-0.05, 0) is 18.3 Å². The SMILES string of the molecule is CCCCCCCC([CH]C(C)CCCCC)CC. The summed E-state index contributed by atoms with van der Waals surface area (Å²) in [5, 5.41) is 0. The van der Waals surface area contributed by atoms with Gasteiger partial charge in [-0.25, -0.2) is 0 Å². The molecule has 0 saturated heterocycles. The monoisotopic (exact) mass is 253 g/mol.